The van der Waals surface area contributed by atoms with Gasteiger partial charge in [-0.3, -0.25) is 0 Å². The Morgan fingerprint density at radius 3 is 1.40 bits per heavy atom. The molecule has 1 aromatic heterocycles. The molecule has 0 saturated carbocycles. The van der Waals surface area contributed by atoms with Crippen molar-refractivity contribution in [1.29, 1.82) is 0 Å². The van der Waals surface area contributed by atoms with Crippen LogP contribution >= 0.6 is 0 Å². The molecule has 0 atom stereocenters. The lowest BCUT2D eigenvalue weighted by Gasteiger charge is -2.27. The van der Waals surface area contributed by atoms with Crippen molar-refractivity contribution in [2.75, 3.05) is 4.90 Å². The van der Waals surface area contributed by atoms with E-state index in [2.05, 4.69) is 276 Å². The summed E-state index contributed by atoms with van der Waals surface area (Å²) >= 11 is 0. The van der Waals surface area contributed by atoms with Crippen molar-refractivity contribution in [3.8, 4) is 50.2 Å². The van der Waals surface area contributed by atoms with Crippen LogP contribution in [0.1, 0.15) is 0 Å². The Balaban J connectivity index is 1.01. The Morgan fingerprint density at radius 1 is 0.265 bits per heavy atom. The number of para-hydroxylation sites is 2. The van der Waals surface area contributed by atoms with Gasteiger partial charge in [-0.25, -0.2) is 0 Å². The van der Waals surface area contributed by atoms with E-state index in [1.807, 2.05) is 0 Å². The average Bonchev–Trinajstić information content (AvgIpc) is 3.76. The summed E-state index contributed by atoms with van der Waals surface area (Å²) in [5, 5.41) is 9.86. The van der Waals surface area contributed by atoms with Crippen LogP contribution in [0.2, 0.25) is 0 Å². The number of anilines is 3. The highest BCUT2D eigenvalue weighted by molar-refractivity contribution is 6.22. The molecule has 0 aliphatic carbocycles. The fourth-order valence-corrected chi connectivity index (χ4v) is 10.7. The third-order valence-electron chi connectivity index (χ3n) is 13.8. The molecule has 2 heteroatoms. The molecular weight excluding hydrogens is 821 g/mol. The molecule has 0 aliphatic rings. The van der Waals surface area contributed by atoms with E-state index in [0.717, 1.165) is 33.8 Å². The SMILES string of the molecule is c1ccc(-c2ccc(N(c3ccc(-c4ccc5c(c4)c(-c4ccccc4)c(-c4ccccc4)c4ccccc45)cc3)c3cccc4c5ccccc5n(-c5cccc6ccccc56)c34)cc2)cc1. The third-order valence-corrected chi connectivity index (χ3v) is 13.8. The molecule has 0 unspecified atom stereocenters. The lowest BCUT2D eigenvalue weighted by atomic mass is 9.84. The standard InChI is InChI=1S/C66H44N2/c1-4-18-45(19-5-1)46-34-39-52(40-35-46)67(63-33-17-30-59-57-28-14-15-31-62(57)68(66(59)63)61-32-16-25-48-20-10-11-26-54(48)61)53-41-36-47(37-42-53)51-38-43-56-55-27-12-13-29-58(55)64(49-21-6-2-7-22-49)65(60(56)44-51)50-23-8-3-9-24-50/h1-44H. The molecule has 13 rings (SSSR count). The van der Waals surface area contributed by atoms with Crippen molar-refractivity contribution in [1.82, 2.24) is 4.57 Å². The van der Waals surface area contributed by atoms with Gasteiger partial charge >= 0.3 is 0 Å². The Kier molecular flexibility index (Phi) is 9.54. The summed E-state index contributed by atoms with van der Waals surface area (Å²) in [5.74, 6) is 0. The molecule has 0 N–H and O–H groups in total. The van der Waals surface area contributed by atoms with Gasteiger partial charge in [-0.1, -0.05) is 218 Å². The maximum absolute atomic E-state index is 2.48. The van der Waals surface area contributed by atoms with E-state index in [0.29, 0.717) is 0 Å². The Bertz CT molecular complexity index is 3980. The fraction of sp³-hybridized carbons (Fsp3) is 0. The van der Waals surface area contributed by atoms with Gasteiger partial charge in [-0.15, -0.1) is 0 Å². The zero-order valence-corrected chi connectivity index (χ0v) is 37.3. The van der Waals surface area contributed by atoms with Crippen LogP contribution in [-0.4, -0.2) is 4.57 Å². The molecule has 0 radical (unpaired) electrons. The van der Waals surface area contributed by atoms with Crippen molar-refractivity contribution in [3.05, 3.63) is 267 Å². The Hall–Kier alpha value is -8.98. The lowest BCUT2D eigenvalue weighted by molar-refractivity contribution is 1.18. The Morgan fingerprint density at radius 2 is 0.721 bits per heavy atom. The van der Waals surface area contributed by atoms with E-state index in [1.165, 1.54) is 87.6 Å². The second-order valence-electron chi connectivity index (χ2n) is 17.6. The molecule has 318 valence electrons. The van der Waals surface area contributed by atoms with E-state index >= 15 is 0 Å². The molecule has 68 heavy (non-hydrogen) atoms. The molecular formula is C66H44N2. The highest BCUT2D eigenvalue weighted by Gasteiger charge is 2.23. The van der Waals surface area contributed by atoms with Gasteiger partial charge in [0.15, 0.2) is 0 Å². The first-order valence-corrected chi connectivity index (χ1v) is 23.4. The zero-order valence-electron chi connectivity index (χ0n) is 37.3. The van der Waals surface area contributed by atoms with Crippen molar-refractivity contribution in [2.24, 2.45) is 0 Å². The van der Waals surface area contributed by atoms with Gasteiger partial charge in [0.05, 0.1) is 22.4 Å². The first kappa shape index (κ1) is 39.4. The van der Waals surface area contributed by atoms with Gasteiger partial charge in [-0.2, -0.15) is 0 Å². The second kappa shape index (κ2) is 16.5. The Labute approximate surface area is 395 Å². The normalized spacial score (nSPS) is 11.5. The maximum atomic E-state index is 2.48. The minimum Gasteiger partial charge on any atom is -0.308 e. The van der Waals surface area contributed by atoms with Gasteiger partial charge in [0.25, 0.3) is 0 Å². The molecule has 2 nitrogen and oxygen atoms in total. The summed E-state index contributed by atoms with van der Waals surface area (Å²) in [6.45, 7) is 0. The van der Waals surface area contributed by atoms with Crippen LogP contribution in [0.25, 0.3) is 104 Å². The fourth-order valence-electron chi connectivity index (χ4n) is 10.7. The van der Waals surface area contributed by atoms with Crippen molar-refractivity contribution in [2.45, 2.75) is 0 Å². The molecule has 0 aliphatic heterocycles. The van der Waals surface area contributed by atoms with Crippen LogP contribution in [0.15, 0.2) is 267 Å². The van der Waals surface area contributed by atoms with Crippen molar-refractivity contribution >= 4 is 71.2 Å². The topological polar surface area (TPSA) is 8.17 Å². The average molecular weight is 865 g/mol. The smallest absolute Gasteiger partial charge is 0.0782 e. The van der Waals surface area contributed by atoms with E-state index in [-0.39, 0.29) is 0 Å². The van der Waals surface area contributed by atoms with E-state index in [9.17, 15) is 0 Å². The van der Waals surface area contributed by atoms with Gasteiger partial charge in [0.1, 0.15) is 0 Å². The number of benzene rings is 12. The molecule has 0 saturated heterocycles. The van der Waals surface area contributed by atoms with E-state index in [4.69, 9.17) is 0 Å². The lowest BCUT2D eigenvalue weighted by Crippen LogP contribution is -2.11. The summed E-state index contributed by atoms with van der Waals surface area (Å²) in [4.78, 5) is 2.44. The summed E-state index contributed by atoms with van der Waals surface area (Å²) in [5.41, 5.74) is 16.4. The molecule has 1 heterocycles. The summed E-state index contributed by atoms with van der Waals surface area (Å²) in [7, 11) is 0. The van der Waals surface area contributed by atoms with Gasteiger partial charge < -0.3 is 9.47 Å². The van der Waals surface area contributed by atoms with Gasteiger partial charge in [0, 0.05) is 27.5 Å². The molecule has 0 spiro atoms. The number of hydrogen-bond donors (Lipinski definition) is 0. The molecule has 0 bridgehead atoms. The van der Waals surface area contributed by atoms with Crippen LogP contribution in [-0.2, 0) is 0 Å². The summed E-state index contributed by atoms with van der Waals surface area (Å²) in [6, 6.07) is 97.5. The summed E-state index contributed by atoms with van der Waals surface area (Å²) in [6.07, 6.45) is 0. The first-order valence-electron chi connectivity index (χ1n) is 23.4. The summed E-state index contributed by atoms with van der Waals surface area (Å²) < 4.78 is 2.48. The highest BCUT2D eigenvalue weighted by atomic mass is 15.2. The predicted molar refractivity (Wildman–Crippen MR) is 290 cm³/mol. The maximum Gasteiger partial charge on any atom is 0.0782 e. The van der Waals surface area contributed by atoms with Gasteiger partial charge in [0.2, 0.25) is 0 Å². The van der Waals surface area contributed by atoms with Crippen LogP contribution < -0.4 is 4.90 Å². The van der Waals surface area contributed by atoms with E-state index in [1.54, 1.807) is 0 Å². The van der Waals surface area contributed by atoms with Crippen LogP contribution in [0.4, 0.5) is 17.1 Å². The third kappa shape index (κ3) is 6.57. The number of fused-ring (bicyclic) bond motifs is 7. The zero-order chi connectivity index (χ0) is 45.0. The predicted octanol–water partition coefficient (Wildman–Crippen LogP) is 18.4. The minimum absolute atomic E-state index is 1.08. The van der Waals surface area contributed by atoms with Crippen LogP contribution in [0, 0.1) is 0 Å². The molecule has 0 amide bonds. The number of hydrogen-bond acceptors (Lipinski definition) is 1. The monoisotopic (exact) mass is 864 g/mol. The molecule has 13 aromatic rings. The highest BCUT2D eigenvalue weighted by Crippen LogP contribution is 2.47. The van der Waals surface area contributed by atoms with Crippen molar-refractivity contribution in [3.63, 3.8) is 0 Å². The minimum atomic E-state index is 1.08. The van der Waals surface area contributed by atoms with Crippen molar-refractivity contribution < 1.29 is 0 Å². The van der Waals surface area contributed by atoms with Gasteiger partial charge in [-0.05, 0) is 120 Å². The van der Waals surface area contributed by atoms with E-state index < -0.39 is 0 Å². The molecule has 12 aromatic carbocycles. The number of aromatic nitrogens is 1. The number of nitrogens with zero attached hydrogens (tertiary/aromatic N) is 2. The van der Waals surface area contributed by atoms with Crippen LogP contribution in [0.3, 0.4) is 0 Å². The first-order chi connectivity index (χ1) is 33.8. The largest absolute Gasteiger partial charge is 0.308 e. The second-order valence-corrected chi connectivity index (χ2v) is 17.6. The molecule has 0 fully saturated rings. The van der Waals surface area contributed by atoms with Crippen LogP contribution in [0.5, 0.6) is 0 Å². The quantitative estimate of drug-likeness (QED) is 0.138. The number of rotatable bonds is 8.